The van der Waals surface area contributed by atoms with Gasteiger partial charge in [0.2, 0.25) is 0 Å². The van der Waals surface area contributed by atoms with Crippen LogP contribution in [0.3, 0.4) is 0 Å². The van der Waals surface area contributed by atoms with Gasteiger partial charge >= 0.3 is 5.97 Å². The number of ether oxygens (including phenoxy) is 1. The largest absolute Gasteiger partial charge is 0.469 e. The Morgan fingerprint density at radius 1 is 1.14 bits per heavy atom. The molecule has 2 aromatic rings. The number of hydrogen-bond donors (Lipinski definition) is 0. The second kappa shape index (κ2) is 6.22. The number of rotatable bonds is 3. The molecular weight excluding hydrogens is 274 g/mol. The number of benzene rings is 2. The second-order valence-electron chi connectivity index (χ2n) is 5.73. The van der Waals surface area contributed by atoms with Gasteiger partial charge in [-0.15, -0.1) is 0 Å². The molecule has 3 heteroatoms. The predicted molar refractivity (Wildman–Crippen MR) is 87.9 cm³/mol. The van der Waals surface area contributed by atoms with Crippen molar-refractivity contribution in [2.45, 2.75) is 19.4 Å². The van der Waals surface area contributed by atoms with Crippen molar-refractivity contribution in [3.63, 3.8) is 0 Å². The number of hydrogen-bond acceptors (Lipinski definition) is 3. The zero-order valence-corrected chi connectivity index (χ0v) is 13.0. The first-order valence-corrected chi connectivity index (χ1v) is 7.69. The maximum Gasteiger partial charge on any atom is 0.310 e. The molecule has 1 aliphatic heterocycles. The summed E-state index contributed by atoms with van der Waals surface area (Å²) in [5, 5.41) is 0. The first-order chi connectivity index (χ1) is 10.7. The highest BCUT2D eigenvalue weighted by molar-refractivity contribution is 5.74. The molecule has 1 heterocycles. The van der Waals surface area contributed by atoms with E-state index in [4.69, 9.17) is 4.74 Å². The summed E-state index contributed by atoms with van der Waals surface area (Å²) in [5.41, 5.74) is 3.71. The monoisotopic (exact) mass is 295 g/mol. The summed E-state index contributed by atoms with van der Waals surface area (Å²) >= 11 is 0. The molecule has 0 radical (unpaired) electrons. The molecule has 0 amide bonds. The van der Waals surface area contributed by atoms with E-state index in [2.05, 4.69) is 35.2 Å². The number of esters is 1. The molecule has 3 rings (SSSR count). The van der Waals surface area contributed by atoms with Gasteiger partial charge in [-0.05, 0) is 36.6 Å². The van der Waals surface area contributed by atoms with E-state index in [9.17, 15) is 4.79 Å². The lowest BCUT2D eigenvalue weighted by molar-refractivity contribution is -0.145. The maximum atomic E-state index is 12.1. The number of para-hydroxylation sites is 1. The van der Waals surface area contributed by atoms with Crippen molar-refractivity contribution in [1.29, 1.82) is 0 Å². The average molecular weight is 295 g/mol. The fourth-order valence-corrected chi connectivity index (χ4v) is 3.36. The van der Waals surface area contributed by atoms with Gasteiger partial charge in [-0.25, -0.2) is 0 Å². The third-order valence-electron chi connectivity index (χ3n) is 4.47. The molecule has 114 valence electrons. The van der Waals surface area contributed by atoms with E-state index < -0.39 is 0 Å². The molecule has 2 aromatic carbocycles. The normalized spacial score (nSPS) is 18.5. The molecule has 1 aliphatic rings. The Morgan fingerprint density at radius 2 is 1.82 bits per heavy atom. The quantitative estimate of drug-likeness (QED) is 0.810. The topological polar surface area (TPSA) is 29.5 Å². The number of carbonyl (C=O) groups excluding carboxylic acids is 1. The zero-order chi connectivity index (χ0) is 15.5. The smallest absolute Gasteiger partial charge is 0.310 e. The van der Waals surface area contributed by atoms with Gasteiger partial charge in [0.1, 0.15) is 0 Å². The second-order valence-corrected chi connectivity index (χ2v) is 5.73. The van der Waals surface area contributed by atoms with E-state index in [1.54, 1.807) is 0 Å². The Morgan fingerprint density at radius 3 is 2.55 bits per heavy atom. The van der Waals surface area contributed by atoms with Gasteiger partial charge in [0.25, 0.3) is 0 Å². The summed E-state index contributed by atoms with van der Waals surface area (Å²) in [6.07, 6.45) is 0.995. The van der Waals surface area contributed by atoms with Crippen LogP contribution in [0.15, 0.2) is 54.6 Å². The third-order valence-corrected chi connectivity index (χ3v) is 4.47. The lowest BCUT2D eigenvalue weighted by Gasteiger charge is -2.41. The van der Waals surface area contributed by atoms with Gasteiger partial charge < -0.3 is 9.64 Å². The Balaban J connectivity index is 2.05. The van der Waals surface area contributed by atoms with Crippen molar-refractivity contribution in [3.8, 4) is 0 Å². The standard InChI is InChI=1S/C19H21NO2/c1-14(19(21)22-2)18-17-11-7-6-8-15(17)12-13-20(18)16-9-4-3-5-10-16/h3-11,14,18H,12-13H2,1-2H3. The summed E-state index contributed by atoms with van der Waals surface area (Å²) < 4.78 is 5.00. The molecule has 0 aliphatic carbocycles. The highest BCUT2D eigenvalue weighted by atomic mass is 16.5. The van der Waals surface area contributed by atoms with E-state index in [-0.39, 0.29) is 17.9 Å². The van der Waals surface area contributed by atoms with Crippen LogP contribution in [0.5, 0.6) is 0 Å². The lowest BCUT2D eigenvalue weighted by atomic mass is 9.85. The lowest BCUT2D eigenvalue weighted by Crippen LogP contribution is -2.41. The summed E-state index contributed by atoms with van der Waals surface area (Å²) in [6, 6.07) is 18.7. The minimum absolute atomic E-state index is 0.0137. The van der Waals surface area contributed by atoms with Crippen LogP contribution in [0.4, 0.5) is 5.69 Å². The minimum Gasteiger partial charge on any atom is -0.469 e. The minimum atomic E-state index is -0.216. The molecule has 0 saturated heterocycles. The van der Waals surface area contributed by atoms with Crippen LogP contribution in [-0.2, 0) is 16.0 Å². The van der Waals surface area contributed by atoms with Crippen molar-refractivity contribution in [1.82, 2.24) is 0 Å². The van der Waals surface area contributed by atoms with E-state index in [1.165, 1.54) is 18.2 Å². The molecule has 2 atom stereocenters. The highest BCUT2D eigenvalue weighted by Crippen LogP contribution is 2.38. The van der Waals surface area contributed by atoms with Crippen LogP contribution >= 0.6 is 0 Å². The molecule has 0 fully saturated rings. The van der Waals surface area contributed by atoms with Crippen LogP contribution in [0, 0.1) is 5.92 Å². The molecule has 0 bridgehead atoms. The number of methoxy groups -OCH3 is 1. The van der Waals surface area contributed by atoms with E-state index in [0.29, 0.717) is 0 Å². The summed E-state index contributed by atoms with van der Waals surface area (Å²) in [6.45, 7) is 2.86. The molecule has 0 N–H and O–H groups in total. The van der Waals surface area contributed by atoms with Crippen molar-refractivity contribution < 1.29 is 9.53 Å². The Labute approximate surface area is 131 Å². The summed E-state index contributed by atoms with van der Waals surface area (Å²) in [4.78, 5) is 14.5. The van der Waals surface area contributed by atoms with Crippen molar-refractivity contribution in [2.24, 2.45) is 5.92 Å². The van der Waals surface area contributed by atoms with Crippen molar-refractivity contribution >= 4 is 11.7 Å². The number of carbonyl (C=O) groups is 1. The van der Waals surface area contributed by atoms with Gasteiger partial charge in [0.15, 0.2) is 0 Å². The fourth-order valence-electron chi connectivity index (χ4n) is 3.36. The van der Waals surface area contributed by atoms with Crippen LogP contribution in [0.1, 0.15) is 24.1 Å². The van der Waals surface area contributed by atoms with E-state index in [0.717, 1.165) is 18.7 Å². The average Bonchev–Trinajstić information content (AvgIpc) is 2.60. The highest BCUT2D eigenvalue weighted by Gasteiger charge is 2.35. The Bertz CT molecular complexity index is 653. The maximum absolute atomic E-state index is 12.1. The number of nitrogens with zero attached hydrogens (tertiary/aromatic N) is 1. The Kier molecular flexibility index (Phi) is 4.14. The molecule has 0 spiro atoms. The van der Waals surface area contributed by atoms with Gasteiger partial charge in [-0.1, -0.05) is 42.5 Å². The molecule has 0 aromatic heterocycles. The van der Waals surface area contributed by atoms with Crippen molar-refractivity contribution in [3.05, 3.63) is 65.7 Å². The fraction of sp³-hybridized carbons (Fsp3) is 0.316. The summed E-state index contributed by atoms with van der Waals surface area (Å²) in [5.74, 6) is -0.380. The van der Waals surface area contributed by atoms with Gasteiger partial charge in [0, 0.05) is 12.2 Å². The van der Waals surface area contributed by atoms with Crippen LogP contribution in [0.2, 0.25) is 0 Å². The predicted octanol–water partition coefficient (Wildman–Crippen LogP) is 3.60. The molecule has 22 heavy (non-hydrogen) atoms. The third kappa shape index (κ3) is 2.59. The first-order valence-electron chi connectivity index (χ1n) is 7.69. The van der Waals surface area contributed by atoms with Crippen LogP contribution in [0.25, 0.3) is 0 Å². The van der Waals surface area contributed by atoms with Crippen molar-refractivity contribution in [2.75, 3.05) is 18.6 Å². The molecule has 2 unspecified atom stereocenters. The number of fused-ring (bicyclic) bond motifs is 1. The number of anilines is 1. The SMILES string of the molecule is COC(=O)C(C)C1c2ccccc2CCN1c1ccccc1. The zero-order valence-electron chi connectivity index (χ0n) is 13.0. The molecule has 3 nitrogen and oxygen atoms in total. The van der Waals surface area contributed by atoms with Gasteiger partial charge in [0.05, 0.1) is 19.1 Å². The first kappa shape index (κ1) is 14.6. The van der Waals surface area contributed by atoms with E-state index in [1.807, 2.05) is 31.2 Å². The van der Waals surface area contributed by atoms with Gasteiger partial charge in [-0.3, -0.25) is 4.79 Å². The van der Waals surface area contributed by atoms with Crippen LogP contribution < -0.4 is 4.90 Å². The van der Waals surface area contributed by atoms with Gasteiger partial charge in [-0.2, -0.15) is 0 Å². The molecular formula is C19H21NO2. The Hall–Kier alpha value is -2.29. The summed E-state index contributed by atoms with van der Waals surface area (Å²) in [7, 11) is 1.46. The van der Waals surface area contributed by atoms with E-state index >= 15 is 0 Å². The van der Waals surface area contributed by atoms with Crippen LogP contribution in [-0.4, -0.2) is 19.6 Å². The molecule has 0 saturated carbocycles.